The highest BCUT2D eigenvalue weighted by Crippen LogP contribution is 2.24. The predicted octanol–water partition coefficient (Wildman–Crippen LogP) is 4.77. The van der Waals surface area contributed by atoms with Crippen molar-refractivity contribution in [3.63, 3.8) is 0 Å². The Hall–Kier alpha value is -1.90. The normalized spacial score (nSPS) is 10.7. The lowest BCUT2D eigenvalue weighted by atomic mass is 9.99. The number of pyridine rings is 1. The molecule has 0 radical (unpaired) electrons. The predicted molar refractivity (Wildman–Crippen MR) is 81.6 cm³/mol. The summed E-state index contributed by atoms with van der Waals surface area (Å²) in [6.07, 6.45) is 1.70. The number of rotatable bonds is 2. The first-order valence-corrected chi connectivity index (χ1v) is 6.75. The van der Waals surface area contributed by atoms with Crippen molar-refractivity contribution in [2.75, 3.05) is 0 Å². The Morgan fingerprint density at radius 3 is 2.45 bits per heavy atom. The summed E-state index contributed by atoms with van der Waals surface area (Å²) in [6, 6.07) is 14.0. The molecule has 3 rings (SSSR count). The third-order valence-electron chi connectivity index (χ3n) is 3.02. The van der Waals surface area contributed by atoms with Gasteiger partial charge in [-0.1, -0.05) is 41.4 Å². The van der Waals surface area contributed by atoms with Crippen molar-refractivity contribution in [1.29, 1.82) is 0 Å². The van der Waals surface area contributed by atoms with E-state index in [9.17, 15) is 4.79 Å². The molecule has 20 heavy (non-hydrogen) atoms. The number of halogens is 2. The Morgan fingerprint density at radius 2 is 1.70 bits per heavy atom. The van der Waals surface area contributed by atoms with E-state index < -0.39 is 0 Å². The van der Waals surface area contributed by atoms with Gasteiger partial charge in [-0.15, -0.1) is 0 Å². The maximum atomic E-state index is 12.6. The van der Waals surface area contributed by atoms with Crippen molar-refractivity contribution in [3.8, 4) is 0 Å². The minimum atomic E-state index is -0.118. The summed E-state index contributed by atoms with van der Waals surface area (Å²) in [7, 11) is 0. The minimum absolute atomic E-state index is 0.118. The van der Waals surface area contributed by atoms with Gasteiger partial charge in [-0.05, 0) is 30.3 Å². The smallest absolute Gasteiger partial charge is 0.193 e. The number of hydrogen-bond acceptors (Lipinski definition) is 2. The summed E-state index contributed by atoms with van der Waals surface area (Å²) in [5.74, 6) is -0.118. The Balaban J connectivity index is 2.17. The Kier molecular flexibility index (Phi) is 3.43. The maximum absolute atomic E-state index is 12.6. The van der Waals surface area contributed by atoms with Crippen LogP contribution in [0.15, 0.2) is 54.7 Å². The van der Waals surface area contributed by atoms with Crippen LogP contribution in [-0.2, 0) is 0 Å². The summed E-state index contributed by atoms with van der Waals surface area (Å²) in [4.78, 5) is 16.9. The second-order valence-corrected chi connectivity index (χ2v) is 5.24. The Labute approximate surface area is 126 Å². The van der Waals surface area contributed by atoms with Crippen molar-refractivity contribution in [2.45, 2.75) is 0 Å². The number of carbonyl (C=O) groups is 1. The van der Waals surface area contributed by atoms with Crippen LogP contribution in [0.4, 0.5) is 0 Å². The Morgan fingerprint density at radius 1 is 0.950 bits per heavy atom. The van der Waals surface area contributed by atoms with Gasteiger partial charge in [0.2, 0.25) is 0 Å². The first-order chi connectivity index (χ1) is 9.65. The zero-order chi connectivity index (χ0) is 14.1. The largest absolute Gasteiger partial charge is 0.289 e. The molecule has 0 saturated heterocycles. The van der Waals surface area contributed by atoms with Gasteiger partial charge >= 0.3 is 0 Å². The molecule has 1 aromatic heterocycles. The molecule has 3 aromatic rings. The SMILES string of the molecule is O=C(c1cc(Cl)cc(Cl)c1)c1cccc2ncccc12. The molecule has 0 spiro atoms. The van der Waals surface area contributed by atoms with Gasteiger partial charge in [-0.3, -0.25) is 9.78 Å². The van der Waals surface area contributed by atoms with Crippen LogP contribution in [-0.4, -0.2) is 10.8 Å². The summed E-state index contributed by atoms with van der Waals surface area (Å²) < 4.78 is 0. The standard InChI is InChI=1S/C16H9Cl2NO/c17-11-7-10(8-12(18)9-11)16(20)14-3-1-5-15-13(14)4-2-6-19-15/h1-9H. The third kappa shape index (κ3) is 2.40. The number of nitrogens with zero attached hydrogens (tertiary/aromatic N) is 1. The highest BCUT2D eigenvalue weighted by Gasteiger charge is 2.13. The van der Waals surface area contributed by atoms with Crippen LogP contribution in [0.1, 0.15) is 15.9 Å². The molecule has 4 heteroatoms. The van der Waals surface area contributed by atoms with Crippen molar-refractivity contribution < 1.29 is 4.79 Å². The summed E-state index contributed by atoms with van der Waals surface area (Å²) in [5, 5.41) is 1.70. The molecule has 0 aliphatic carbocycles. The van der Waals surface area contributed by atoms with E-state index in [0.29, 0.717) is 21.2 Å². The zero-order valence-corrected chi connectivity index (χ0v) is 11.8. The number of fused-ring (bicyclic) bond motifs is 1. The number of aromatic nitrogens is 1. The third-order valence-corrected chi connectivity index (χ3v) is 3.45. The fourth-order valence-corrected chi connectivity index (χ4v) is 2.67. The van der Waals surface area contributed by atoms with E-state index in [1.807, 2.05) is 24.3 Å². The van der Waals surface area contributed by atoms with E-state index in [4.69, 9.17) is 23.2 Å². The zero-order valence-electron chi connectivity index (χ0n) is 10.3. The van der Waals surface area contributed by atoms with Gasteiger partial charge in [0, 0.05) is 32.8 Å². The van der Waals surface area contributed by atoms with E-state index in [2.05, 4.69) is 4.98 Å². The summed E-state index contributed by atoms with van der Waals surface area (Å²) in [5.41, 5.74) is 1.85. The molecule has 98 valence electrons. The lowest BCUT2D eigenvalue weighted by Gasteiger charge is -2.06. The molecular formula is C16H9Cl2NO. The summed E-state index contributed by atoms with van der Waals surface area (Å²) >= 11 is 11.9. The first kappa shape index (κ1) is 13.1. The fourth-order valence-electron chi connectivity index (χ4n) is 2.14. The molecule has 2 aromatic carbocycles. The van der Waals surface area contributed by atoms with Gasteiger partial charge in [0.15, 0.2) is 5.78 Å². The fraction of sp³-hybridized carbons (Fsp3) is 0. The molecule has 0 N–H and O–H groups in total. The van der Waals surface area contributed by atoms with Gasteiger partial charge in [-0.25, -0.2) is 0 Å². The van der Waals surface area contributed by atoms with E-state index >= 15 is 0 Å². The van der Waals surface area contributed by atoms with Crippen LogP contribution in [0.3, 0.4) is 0 Å². The lowest BCUT2D eigenvalue weighted by molar-refractivity contribution is 0.104. The van der Waals surface area contributed by atoms with Gasteiger partial charge in [-0.2, -0.15) is 0 Å². The van der Waals surface area contributed by atoms with E-state index in [1.165, 1.54) is 0 Å². The van der Waals surface area contributed by atoms with Gasteiger partial charge in [0.25, 0.3) is 0 Å². The quantitative estimate of drug-likeness (QED) is 0.638. The number of carbonyl (C=O) groups excluding carboxylic acids is 1. The molecule has 0 saturated carbocycles. The molecule has 0 unspecified atom stereocenters. The highest BCUT2D eigenvalue weighted by molar-refractivity contribution is 6.35. The molecule has 0 aliphatic rings. The van der Waals surface area contributed by atoms with Gasteiger partial charge in [0.05, 0.1) is 5.52 Å². The van der Waals surface area contributed by atoms with Crippen LogP contribution in [0.5, 0.6) is 0 Å². The van der Waals surface area contributed by atoms with Crippen molar-refractivity contribution in [2.24, 2.45) is 0 Å². The number of hydrogen-bond donors (Lipinski definition) is 0. The van der Waals surface area contributed by atoms with Crippen LogP contribution >= 0.6 is 23.2 Å². The summed E-state index contributed by atoms with van der Waals surface area (Å²) in [6.45, 7) is 0. The maximum Gasteiger partial charge on any atom is 0.193 e. The molecule has 0 fully saturated rings. The molecular weight excluding hydrogens is 293 g/mol. The monoisotopic (exact) mass is 301 g/mol. The van der Waals surface area contributed by atoms with Crippen LogP contribution < -0.4 is 0 Å². The number of benzene rings is 2. The van der Waals surface area contributed by atoms with Crippen LogP contribution in [0.25, 0.3) is 10.9 Å². The van der Waals surface area contributed by atoms with E-state index in [1.54, 1.807) is 30.5 Å². The Bertz CT molecular complexity index is 789. The van der Waals surface area contributed by atoms with E-state index in [-0.39, 0.29) is 5.78 Å². The second kappa shape index (κ2) is 5.23. The van der Waals surface area contributed by atoms with Gasteiger partial charge in [0.1, 0.15) is 0 Å². The lowest BCUT2D eigenvalue weighted by Crippen LogP contribution is -2.02. The highest BCUT2D eigenvalue weighted by atomic mass is 35.5. The van der Waals surface area contributed by atoms with Crippen molar-refractivity contribution in [1.82, 2.24) is 4.98 Å². The first-order valence-electron chi connectivity index (χ1n) is 6.00. The molecule has 2 nitrogen and oxygen atoms in total. The van der Waals surface area contributed by atoms with Crippen LogP contribution in [0.2, 0.25) is 10.0 Å². The molecule has 0 bridgehead atoms. The minimum Gasteiger partial charge on any atom is -0.289 e. The topological polar surface area (TPSA) is 30.0 Å². The molecule has 0 aliphatic heterocycles. The van der Waals surface area contributed by atoms with E-state index in [0.717, 1.165) is 10.9 Å². The number of ketones is 1. The second-order valence-electron chi connectivity index (χ2n) is 4.36. The molecule has 0 amide bonds. The average Bonchev–Trinajstić information content (AvgIpc) is 2.45. The average molecular weight is 302 g/mol. The van der Waals surface area contributed by atoms with Crippen molar-refractivity contribution >= 4 is 39.9 Å². The van der Waals surface area contributed by atoms with Crippen molar-refractivity contribution in [3.05, 3.63) is 75.9 Å². The molecule has 1 heterocycles. The van der Waals surface area contributed by atoms with Crippen LogP contribution in [0, 0.1) is 0 Å². The molecule has 0 atom stereocenters. The van der Waals surface area contributed by atoms with Gasteiger partial charge < -0.3 is 0 Å².